The molecule has 0 aliphatic rings. The van der Waals surface area contributed by atoms with E-state index in [1.165, 1.54) is 0 Å². The molecule has 0 heterocycles. The van der Waals surface area contributed by atoms with E-state index in [0.29, 0.717) is 19.5 Å². The van der Waals surface area contributed by atoms with Crippen molar-refractivity contribution in [1.82, 2.24) is 10.6 Å². The van der Waals surface area contributed by atoms with Crippen molar-refractivity contribution >= 4 is 6.09 Å². The van der Waals surface area contributed by atoms with Gasteiger partial charge in [-0.05, 0) is 6.42 Å². The minimum absolute atomic E-state index is 0.116. The maximum atomic E-state index is 10.3. The van der Waals surface area contributed by atoms with Crippen LogP contribution in [0, 0.1) is 0 Å². The summed E-state index contributed by atoms with van der Waals surface area (Å²) in [5, 5.41) is 13.9. The lowest BCUT2D eigenvalue weighted by Gasteiger charge is -2.14. The number of carboxylic acid groups (broad SMARTS) is 1. The lowest BCUT2D eigenvalue weighted by Crippen LogP contribution is -2.41. The molecule has 4 heteroatoms. The largest absolute Gasteiger partial charge is 0.465 e. The molecule has 0 aromatic carbocycles. The van der Waals surface area contributed by atoms with Crippen LogP contribution < -0.4 is 10.6 Å². The Balaban J connectivity index is 3.71. The van der Waals surface area contributed by atoms with E-state index in [2.05, 4.69) is 23.8 Å². The standard InChI is InChI=1S/C9H16N2O2/c1-3-5-8(11-9(12)13)7-10-6-4-2/h3-4,8,10-11H,1-2,5-7H2,(H,12,13). The second-order valence-electron chi connectivity index (χ2n) is 2.62. The molecule has 1 unspecified atom stereocenters. The molecule has 0 aromatic rings. The zero-order chi connectivity index (χ0) is 10.1. The number of amides is 1. The summed E-state index contributed by atoms with van der Waals surface area (Å²) in [5.74, 6) is 0. The fraction of sp³-hybridized carbons (Fsp3) is 0.444. The summed E-state index contributed by atoms with van der Waals surface area (Å²) in [5.41, 5.74) is 0. The Morgan fingerprint density at radius 2 is 2.15 bits per heavy atom. The Morgan fingerprint density at radius 3 is 2.62 bits per heavy atom. The van der Waals surface area contributed by atoms with E-state index in [1.807, 2.05) is 0 Å². The predicted molar refractivity (Wildman–Crippen MR) is 52.8 cm³/mol. The van der Waals surface area contributed by atoms with Gasteiger partial charge >= 0.3 is 6.09 Å². The molecule has 0 rings (SSSR count). The molecule has 0 aromatic heterocycles. The normalized spacial score (nSPS) is 11.7. The van der Waals surface area contributed by atoms with Gasteiger partial charge in [0.1, 0.15) is 0 Å². The first-order valence-electron chi connectivity index (χ1n) is 4.12. The summed E-state index contributed by atoms with van der Waals surface area (Å²) in [4.78, 5) is 10.3. The fourth-order valence-corrected chi connectivity index (χ4v) is 0.929. The van der Waals surface area contributed by atoms with Gasteiger partial charge in [0.25, 0.3) is 0 Å². The summed E-state index contributed by atoms with van der Waals surface area (Å²) in [6.07, 6.45) is 3.03. The van der Waals surface area contributed by atoms with Crippen LogP contribution in [0.1, 0.15) is 6.42 Å². The highest BCUT2D eigenvalue weighted by molar-refractivity contribution is 5.64. The van der Waals surface area contributed by atoms with Gasteiger partial charge in [-0.1, -0.05) is 12.2 Å². The van der Waals surface area contributed by atoms with Gasteiger partial charge in [0.15, 0.2) is 0 Å². The molecule has 0 aliphatic carbocycles. The molecule has 3 N–H and O–H groups in total. The Morgan fingerprint density at radius 1 is 1.46 bits per heavy atom. The monoisotopic (exact) mass is 184 g/mol. The lowest BCUT2D eigenvalue weighted by atomic mass is 10.2. The third-order valence-electron chi connectivity index (χ3n) is 1.46. The molecule has 4 nitrogen and oxygen atoms in total. The van der Waals surface area contributed by atoms with E-state index in [1.54, 1.807) is 12.2 Å². The van der Waals surface area contributed by atoms with Gasteiger partial charge in [0, 0.05) is 19.1 Å². The van der Waals surface area contributed by atoms with Crippen LogP contribution >= 0.6 is 0 Å². The van der Waals surface area contributed by atoms with Crippen molar-refractivity contribution in [1.29, 1.82) is 0 Å². The average molecular weight is 184 g/mol. The van der Waals surface area contributed by atoms with Crippen molar-refractivity contribution in [3.63, 3.8) is 0 Å². The molecule has 0 fully saturated rings. The second kappa shape index (κ2) is 7.36. The first-order chi connectivity index (χ1) is 6.20. The van der Waals surface area contributed by atoms with Crippen LogP contribution in [0.15, 0.2) is 25.3 Å². The van der Waals surface area contributed by atoms with Crippen LogP contribution in [0.5, 0.6) is 0 Å². The van der Waals surface area contributed by atoms with E-state index < -0.39 is 6.09 Å². The number of carbonyl (C=O) groups is 1. The number of rotatable bonds is 7. The Labute approximate surface area is 78.3 Å². The van der Waals surface area contributed by atoms with Crippen molar-refractivity contribution in [3.05, 3.63) is 25.3 Å². The maximum Gasteiger partial charge on any atom is 0.404 e. The molecule has 0 bridgehead atoms. The van der Waals surface area contributed by atoms with Gasteiger partial charge in [-0.2, -0.15) is 0 Å². The first kappa shape index (κ1) is 11.7. The summed E-state index contributed by atoms with van der Waals surface area (Å²) < 4.78 is 0. The molecule has 0 aliphatic heterocycles. The molecule has 1 amide bonds. The second-order valence-corrected chi connectivity index (χ2v) is 2.62. The van der Waals surface area contributed by atoms with Crippen molar-refractivity contribution in [3.8, 4) is 0 Å². The average Bonchev–Trinajstić information content (AvgIpc) is 2.04. The lowest BCUT2D eigenvalue weighted by molar-refractivity contribution is 0.189. The molecular weight excluding hydrogens is 168 g/mol. The van der Waals surface area contributed by atoms with Crippen molar-refractivity contribution in [2.75, 3.05) is 13.1 Å². The zero-order valence-electron chi connectivity index (χ0n) is 7.62. The smallest absolute Gasteiger partial charge is 0.404 e. The predicted octanol–water partition coefficient (Wildman–Crippen LogP) is 0.974. The van der Waals surface area contributed by atoms with Crippen LogP contribution in [-0.4, -0.2) is 30.3 Å². The van der Waals surface area contributed by atoms with Crippen LogP contribution in [0.25, 0.3) is 0 Å². The summed E-state index contributed by atoms with van der Waals surface area (Å²) in [7, 11) is 0. The number of nitrogens with one attached hydrogen (secondary N) is 2. The first-order valence-corrected chi connectivity index (χ1v) is 4.12. The molecule has 1 atom stereocenters. The highest BCUT2D eigenvalue weighted by atomic mass is 16.4. The molecule has 74 valence electrons. The van der Waals surface area contributed by atoms with Crippen molar-refractivity contribution in [2.45, 2.75) is 12.5 Å². The van der Waals surface area contributed by atoms with Gasteiger partial charge in [-0.15, -0.1) is 13.2 Å². The summed E-state index contributed by atoms with van der Waals surface area (Å²) in [6.45, 7) is 8.36. The molecular formula is C9H16N2O2. The molecule has 13 heavy (non-hydrogen) atoms. The highest BCUT2D eigenvalue weighted by Gasteiger charge is 2.07. The Bertz CT molecular complexity index is 180. The van der Waals surface area contributed by atoms with Gasteiger partial charge in [-0.3, -0.25) is 0 Å². The van der Waals surface area contributed by atoms with Gasteiger partial charge in [0.05, 0.1) is 0 Å². The Kier molecular flexibility index (Phi) is 6.63. The molecule has 0 saturated carbocycles. The summed E-state index contributed by atoms with van der Waals surface area (Å²) in [6, 6.07) is -0.116. The van der Waals surface area contributed by atoms with Gasteiger partial charge in [0.2, 0.25) is 0 Å². The summed E-state index contributed by atoms with van der Waals surface area (Å²) >= 11 is 0. The van der Waals surface area contributed by atoms with Crippen LogP contribution in [0.3, 0.4) is 0 Å². The molecule has 0 radical (unpaired) electrons. The Hall–Kier alpha value is -1.29. The van der Waals surface area contributed by atoms with E-state index in [0.717, 1.165) is 0 Å². The minimum atomic E-state index is -1.01. The zero-order valence-corrected chi connectivity index (χ0v) is 7.62. The number of hydrogen-bond donors (Lipinski definition) is 3. The van der Waals surface area contributed by atoms with Crippen molar-refractivity contribution < 1.29 is 9.90 Å². The topological polar surface area (TPSA) is 61.4 Å². The van der Waals surface area contributed by atoms with E-state index >= 15 is 0 Å². The maximum absolute atomic E-state index is 10.3. The SMILES string of the molecule is C=CCNCC(CC=C)NC(=O)O. The molecule has 0 saturated heterocycles. The van der Waals surface area contributed by atoms with Crippen LogP contribution in [0.4, 0.5) is 4.79 Å². The van der Waals surface area contributed by atoms with Crippen molar-refractivity contribution in [2.24, 2.45) is 0 Å². The third-order valence-corrected chi connectivity index (χ3v) is 1.46. The third kappa shape index (κ3) is 7.08. The molecule has 0 spiro atoms. The van der Waals surface area contributed by atoms with E-state index in [4.69, 9.17) is 5.11 Å². The minimum Gasteiger partial charge on any atom is -0.465 e. The fourth-order valence-electron chi connectivity index (χ4n) is 0.929. The quantitative estimate of drug-likeness (QED) is 0.408. The van der Waals surface area contributed by atoms with Gasteiger partial charge in [-0.25, -0.2) is 4.79 Å². The highest BCUT2D eigenvalue weighted by Crippen LogP contribution is 1.90. The van der Waals surface area contributed by atoms with E-state index in [9.17, 15) is 4.79 Å². The van der Waals surface area contributed by atoms with Crippen LogP contribution in [-0.2, 0) is 0 Å². The van der Waals surface area contributed by atoms with E-state index in [-0.39, 0.29) is 6.04 Å². The number of hydrogen-bond acceptors (Lipinski definition) is 2. The van der Waals surface area contributed by atoms with Crippen LogP contribution in [0.2, 0.25) is 0 Å². The van der Waals surface area contributed by atoms with Gasteiger partial charge < -0.3 is 15.7 Å².